The highest BCUT2D eigenvalue weighted by atomic mass is 16.5. The lowest BCUT2D eigenvalue weighted by Crippen LogP contribution is -2.28. The number of fused-ring (bicyclic) bond motifs is 1. The molecular weight excluding hydrogens is 238 g/mol. The van der Waals surface area contributed by atoms with E-state index in [2.05, 4.69) is 19.2 Å². The van der Waals surface area contributed by atoms with Crippen LogP contribution in [0.1, 0.15) is 55.6 Å². The van der Waals surface area contributed by atoms with Crippen LogP contribution in [0, 0.1) is 5.92 Å². The van der Waals surface area contributed by atoms with E-state index >= 15 is 0 Å². The van der Waals surface area contributed by atoms with Crippen LogP contribution in [0.4, 0.5) is 0 Å². The van der Waals surface area contributed by atoms with Gasteiger partial charge in [-0.1, -0.05) is 6.92 Å². The summed E-state index contributed by atoms with van der Waals surface area (Å²) in [7, 11) is 0. The van der Waals surface area contributed by atoms with E-state index in [1.807, 2.05) is 0 Å². The monoisotopic (exact) mass is 261 g/mol. The summed E-state index contributed by atoms with van der Waals surface area (Å²) < 4.78 is 5.90. The summed E-state index contributed by atoms with van der Waals surface area (Å²) in [4.78, 5) is 9.62. The van der Waals surface area contributed by atoms with Crippen LogP contribution in [0.2, 0.25) is 0 Å². The normalized spacial score (nSPS) is 20.1. The first-order valence-electron chi connectivity index (χ1n) is 7.54. The first-order valence-corrected chi connectivity index (χ1v) is 7.54. The van der Waals surface area contributed by atoms with Crippen LogP contribution in [-0.4, -0.2) is 23.1 Å². The van der Waals surface area contributed by atoms with Crippen molar-refractivity contribution in [3.63, 3.8) is 0 Å². The molecule has 1 unspecified atom stereocenters. The van der Waals surface area contributed by atoms with Crippen LogP contribution in [0.15, 0.2) is 0 Å². The highest BCUT2D eigenvalue weighted by molar-refractivity contribution is 5.29. The molecule has 0 amide bonds. The highest BCUT2D eigenvalue weighted by Crippen LogP contribution is 2.42. The van der Waals surface area contributed by atoms with Gasteiger partial charge in [0.2, 0.25) is 0 Å². The van der Waals surface area contributed by atoms with Crippen LogP contribution in [0.5, 0.6) is 0 Å². The SMILES string of the molecule is CCOC(c1nc(CC)c2c(n1)CNCC2)C1CC1. The minimum atomic E-state index is 0.113. The maximum absolute atomic E-state index is 5.90. The van der Waals surface area contributed by atoms with Gasteiger partial charge in [-0.2, -0.15) is 0 Å². The molecule has 19 heavy (non-hydrogen) atoms. The fourth-order valence-electron chi connectivity index (χ4n) is 2.88. The molecule has 1 fully saturated rings. The largest absolute Gasteiger partial charge is 0.370 e. The molecule has 2 heterocycles. The molecular formula is C15H23N3O. The molecule has 104 valence electrons. The first kappa shape index (κ1) is 13.0. The molecule has 3 rings (SSSR count). The molecule has 1 atom stereocenters. The predicted molar refractivity (Wildman–Crippen MR) is 73.9 cm³/mol. The third-order valence-electron chi connectivity index (χ3n) is 4.03. The molecule has 1 aliphatic heterocycles. The van der Waals surface area contributed by atoms with E-state index in [-0.39, 0.29) is 6.10 Å². The number of nitrogens with one attached hydrogen (secondary N) is 1. The second kappa shape index (κ2) is 5.55. The smallest absolute Gasteiger partial charge is 0.157 e. The van der Waals surface area contributed by atoms with Crippen molar-refractivity contribution in [1.29, 1.82) is 0 Å². The fraction of sp³-hybridized carbons (Fsp3) is 0.733. The quantitative estimate of drug-likeness (QED) is 0.882. The second-order valence-corrected chi connectivity index (χ2v) is 5.45. The Labute approximate surface area is 115 Å². The lowest BCUT2D eigenvalue weighted by Gasteiger charge is -2.22. The van der Waals surface area contributed by atoms with Crippen LogP contribution < -0.4 is 5.32 Å². The Kier molecular flexibility index (Phi) is 3.80. The van der Waals surface area contributed by atoms with E-state index in [9.17, 15) is 0 Å². The lowest BCUT2D eigenvalue weighted by molar-refractivity contribution is 0.0396. The van der Waals surface area contributed by atoms with Crippen molar-refractivity contribution < 1.29 is 4.74 Å². The maximum atomic E-state index is 5.90. The number of aromatic nitrogens is 2. The molecule has 2 aliphatic rings. The van der Waals surface area contributed by atoms with Gasteiger partial charge in [-0.25, -0.2) is 9.97 Å². The zero-order valence-electron chi connectivity index (χ0n) is 11.9. The summed E-state index contributed by atoms with van der Waals surface area (Å²) in [6.45, 7) is 6.89. The van der Waals surface area contributed by atoms with Crippen molar-refractivity contribution in [1.82, 2.24) is 15.3 Å². The number of nitrogens with zero attached hydrogens (tertiary/aromatic N) is 2. The molecule has 1 aromatic rings. The summed E-state index contributed by atoms with van der Waals surface area (Å²) in [6.07, 6.45) is 4.67. The maximum Gasteiger partial charge on any atom is 0.157 e. The summed E-state index contributed by atoms with van der Waals surface area (Å²) in [6, 6.07) is 0. The summed E-state index contributed by atoms with van der Waals surface area (Å²) in [5, 5.41) is 3.40. The molecule has 1 saturated carbocycles. The summed E-state index contributed by atoms with van der Waals surface area (Å²) >= 11 is 0. The molecule has 4 nitrogen and oxygen atoms in total. The van der Waals surface area contributed by atoms with Crippen molar-refractivity contribution in [2.45, 2.75) is 52.2 Å². The Morgan fingerprint density at radius 1 is 1.32 bits per heavy atom. The number of aryl methyl sites for hydroxylation is 1. The van der Waals surface area contributed by atoms with Crippen molar-refractivity contribution in [3.05, 3.63) is 22.8 Å². The van der Waals surface area contributed by atoms with Gasteiger partial charge in [0.15, 0.2) is 5.82 Å². The first-order chi connectivity index (χ1) is 9.33. The number of hydrogen-bond acceptors (Lipinski definition) is 4. The van der Waals surface area contributed by atoms with E-state index in [0.717, 1.165) is 38.4 Å². The van der Waals surface area contributed by atoms with Crippen LogP contribution in [0.25, 0.3) is 0 Å². The van der Waals surface area contributed by atoms with Gasteiger partial charge in [-0.3, -0.25) is 0 Å². The number of hydrogen-bond donors (Lipinski definition) is 1. The lowest BCUT2D eigenvalue weighted by atomic mass is 10.0. The summed E-state index contributed by atoms with van der Waals surface area (Å²) in [5.74, 6) is 1.56. The average molecular weight is 261 g/mol. The van der Waals surface area contributed by atoms with Gasteiger partial charge in [-0.15, -0.1) is 0 Å². The van der Waals surface area contributed by atoms with Gasteiger partial charge in [0.1, 0.15) is 6.10 Å². The number of rotatable bonds is 5. The van der Waals surface area contributed by atoms with Crippen molar-refractivity contribution in [3.8, 4) is 0 Å². The molecule has 0 bridgehead atoms. The minimum absolute atomic E-state index is 0.113. The molecule has 0 saturated heterocycles. The third kappa shape index (κ3) is 2.65. The van der Waals surface area contributed by atoms with Gasteiger partial charge in [0.25, 0.3) is 0 Å². The van der Waals surface area contributed by atoms with E-state index in [0.29, 0.717) is 5.92 Å². The predicted octanol–water partition coefficient (Wildman–Crippen LogP) is 2.17. The van der Waals surface area contributed by atoms with Gasteiger partial charge in [-0.05, 0) is 50.6 Å². The van der Waals surface area contributed by atoms with Gasteiger partial charge in [0.05, 0.1) is 5.69 Å². The van der Waals surface area contributed by atoms with E-state index in [4.69, 9.17) is 14.7 Å². The van der Waals surface area contributed by atoms with Crippen molar-refractivity contribution in [2.75, 3.05) is 13.2 Å². The Morgan fingerprint density at radius 3 is 2.84 bits per heavy atom. The third-order valence-corrected chi connectivity index (χ3v) is 4.03. The molecule has 0 radical (unpaired) electrons. The molecule has 1 aromatic heterocycles. The molecule has 1 N–H and O–H groups in total. The van der Waals surface area contributed by atoms with Crippen molar-refractivity contribution >= 4 is 0 Å². The van der Waals surface area contributed by atoms with Crippen LogP contribution in [-0.2, 0) is 24.1 Å². The standard InChI is InChI=1S/C15H23N3O/c1-3-12-11-7-8-16-9-13(11)18-15(17-12)14(19-4-2)10-5-6-10/h10,14,16H,3-9H2,1-2H3. The zero-order chi connectivity index (χ0) is 13.2. The Hall–Kier alpha value is -1.00. The topological polar surface area (TPSA) is 47.0 Å². The Balaban J connectivity index is 1.96. The second-order valence-electron chi connectivity index (χ2n) is 5.45. The number of ether oxygens (including phenoxy) is 1. The Morgan fingerprint density at radius 2 is 2.16 bits per heavy atom. The van der Waals surface area contributed by atoms with E-state index in [1.165, 1.54) is 29.8 Å². The van der Waals surface area contributed by atoms with Gasteiger partial charge < -0.3 is 10.1 Å². The summed E-state index contributed by atoms with van der Waals surface area (Å²) in [5.41, 5.74) is 3.79. The van der Waals surface area contributed by atoms with Crippen molar-refractivity contribution in [2.24, 2.45) is 5.92 Å². The van der Waals surface area contributed by atoms with Gasteiger partial charge in [0, 0.05) is 18.8 Å². The van der Waals surface area contributed by atoms with E-state index in [1.54, 1.807) is 0 Å². The molecule has 4 heteroatoms. The van der Waals surface area contributed by atoms with Crippen LogP contribution in [0.3, 0.4) is 0 Å². The Bertz CT molecular complexity index is 440. The molecule has 0 aromatic carbocycles. The van der Waals surface area contributed by atoms with Crippen LogP contribution >= 0.6 is 0 Å². The van der Waals surface area contributed by atoms with Gasteiger partial charge >= 0.3 is 0 Å². The fourth-order valence-corrected chi connectivity index (χ4v) is 2.88. The molecule has 0 spiro atoms. The minimum Gasteiger partial charge on any atom is -0.370 e. The average Bonchev–Trinajstić information content (AvgIpc) is 3.28. The highest BCUT2D eigenvalue weighted by Gasteiger charge is 2.35. The molecule has 1 aliphatic carbocycles. The van der Waals surface area contributed by atoms with E-state index < -0.39 is 0 Å². The zero-order valence-corrected chi connectivity index (χ0v) is 11.9.